The second-order valence-corrected chi connectivity index (χ2v) is 3.74. The zero-order valence-corrected chi connectivity index (χ0v) is 8.49. The van der Waals surface area contributed by atoms with Gasteiger partial charge in [0.15, 0.2) is 0 Å². The first-order chi connectivity index (χ1) is 7.34. The summed E-state index contributed by atoms with van der Waals surface area (Å²) in [5.41, 5.74) is 6.68. The Kier molecular flexibility index (Phi) is 1.68. The number of fused-ring (bicyclic) bond motifs is 1. The van der Waals surface area contributed by atoms with E-state index < -0.39 is 0 Å². The molecule has 1 aromatic heterocycles. The number of H-pyrrole nitrogens is 1. The molecule has 0 amide bonds. The van der Waals surface area contributed by atoms with Crippen molar-refractivity contribution in [2.45, 2.75) is 6.92 Å². The summed E-state index contributed by atoms with van der Waals surface area (Å²) in [5.74, 6) is 0. The second-order valence-electron chi connectivity index (χ2n) is 3.74. The van der Waals surface area contributed by atoms with E-state index in [0.717, 1.165) is 17.4 Å². The van der Waals surface area contributed by atoms with E-state index in [9.17, 15) is 0 Å². The van der Waals surface area contributed by atoms with E-state index in [1.54, 1.807) is 0 Å². The van der Waals surface area contributed by atoms with Crippen molar-refractivity contribution < 1.29 is 0 Å². The Bertz CT molecular complexity index is 518. The molecule has 2 heterocycles. The predicted octanol–water partition coefficient (Wildman–Crippen LogP) is 1.71. The standard InChI is InChI=1S/C11H12N4/c1-8-5-10(15-4-2-3-13-15)6-9-7-12-14-11(8)9/h2-3,5-7,13H,4H2,1H3,(H,12,14). The van der Waals surface area contributed by atoms with Crippen molar-refractivity contribution >= 4 is 16.6 Å². The molecule has 1 aromatic carbocycles. The van der Waals surface area contributed by atoms with Crippen molar-refractivity contribution in [3.8, 4) is 0 Å². The fourth-order valence-electron chi connectivity index (χ4n) is 1.91. The monoisotopic (exact) mass is 200 g/mol. The van der Waals surface area contributed by atoms with Crippen LogP contribution >= 0.6 is 0 Å². The summed E-state index contributed by atoms with van der Waals surface area (Å²) in [6, 6.07) is 4.28. The Morgan fingerprint density at radius 2 is 2.33 bits per heavy atom. The molecule has 0 bridgehead atoms. The highest BCUT2D eigenvalue weighted by molar-refractivity contribution is 5.85. The number of hydrazine groups is 1. The van der Waals surface area contributed by atoms with E-state index in [1.807, 2.05) is 12.4 Å². The van der Waals surface area contributed by atoms with Gasteiger partial charge in [0.25, 0.3) is 0 Å². The average molecular weight is 200 g/mol. The lowest BCUT2D eigenvalue weighted by Gasteiger charge is -2.19. The molecule has 0 fully saturated rings. The van der Waals surface area contributed by atoms with Gasteiger partial charge in [-0.1, -0.05) is 0 Å². The van der Waals surface area contributed by atoms with Gasteiger partial charge in [0, 0.05) is 11.6 Å². The molecule has 76 valence electrons. The first-order valence-corrected chi connectivity index (χ1v) is 4.97. The van der Waals surface area contributed by atoms with Crippen molar-refractivity contribution in [3.05, 3.63) is 36.2 Å². The van der Waals surface area contributed by atoms with Crippen LogP contribution < -0.4 is 10.4 Å². The summed E-state index contributed by atoms with van der Waals surface area (Å²) in [7, 11) is 0. The molecule has 1 aliphatic heterocycles. The summed E-state index contributed by atoms with van der Waals surface area (Å²) in [6.07, 6.45) is 5.90. The van der Waals surface area contributed by atoms with Gasteiger partial charge in [0.1, 0.15) is 0 Å². The molecule has 0 saturated heterocycles. The highest BCUT2D eigenvalue weighted by Gasteiger charge is 2.09. The number of nitrogens with zero attached hydrogens (tertiary/aromatic N) is 2. The number of rotatable bonds is 1. The molecule has 2 aromatic rings. The summed E-state index contributed by atoms with van der Waals surface area (Å²) >= 11 is 0. The third-order valence-corrected chi connectivity index (χ3v) is 2.68. The first-order valence-electron chi connectivity index (χ1n) is 4.97. The molecule has 15 heavy (non-hydrogen) atoms. The van der Waals surface area contributed by atoms with Crippen LogP contribution in [0, 0.1) is 6.92 Å². The Morgan fingerprint density at radius 1 is 1.40 bits per heavy atom. The lowest BCUT2D eigenvalue weighted by Crippen LogP contribution is -2.29. The number of nitrogens with one attached hydrogen (secondary N) is 2. The number of hydrogen-bond acceptors (Lipinski definition) is 3. The van der Waals surface area contributed by atoms with Crippen LogP contribution in [-0.4, -0.2) is 16.7 Å². The normalized spacial score (nSPS) is 14.9. The van der Waals surface area contributed by atoms with Crippen molar-refractivity contribution in [3.63, 3.8) is 0 Å². The van der Waals surface area contributed by atoms with Gasteiger partial charge in [-0.25, -0.2) is 0 Å². The van der Waals surface area contributed by atoms with Crippen LogP contribution in [0.25, 0.3) is 10.9 Å². The molecule has 3 rings (SSSR count). The number of aromatic amines is 1. The predicted molar refractivity (Wildman–Crippen MR) is 60.5 cm³/mol. The Labute approximate surface area is 87.6 Å². The zero-order chi connectivity index (χ0) is 10.3. The van der Waals surface area contributed by atoms with Gasteiger partial charge in [0.05, 0.1) is 23.9 Å². The van der Waals surface area contributed by atoms with Crippen molar-refractivity contribution in [2.24, 2.45) is 0 Å². The fourth-order valence-corrected chi connectivity index (χ4v) is 1.91. The highest BCUT2D eigenvalue weighted by atomic mass is 15.5. The van der Waals surface area contributed by atoms with E-state index in [1.165, 1.54) is 11.3 Å². The molecule has 0 radical (unpaired) electrons. The van der Waals surface area contributed by atoms with Gasteiger partial charge in [-0.3, -0.25) is 10.1 Å². The van der Waals surface area contributed by atoms with E-state index in [-0.39, 0.29) is 0 Å². The number of benzene rings is 1. The average Bonchev–Trinajstić information content (AvgIpc) is 2.88. The lowest BCUT2D eigenvalue weighted by molar-refractivity contribution is 0.841. The first kappa shape index (κ1) is 8.35. The van der Waals surface area contributed by atoms with Crippen LogP contribution in [0.5, 0.6) is 0 Å². The van der Waals surface area contributed by atoms with E-state index in [2.05, 4.69) is 45.8 Å². The third kappa shape index (κ3) is 1.26. The number of aromatic nitrogens is 2. The maximum Gasteiger partial charge on any atom is 0.0680 e. The highest BCUT2D eigenvalue weighted by Crippen LogP contribution is 2.24. The van der Waals surface area contributed by atoms with Gasteiger partial charge in [-0.2, -0.15) is 5.10 Å². The molecular formula is C11H12N4. The molecule has 0 unspecified atom stereocenters. The Morgan fingerprint density at radius 3 is 3.13 bits per heavy atom. The van der Waals surface area contributed by atoms with Gasteiger partial charge in [-0.15, -0.1) is 0 Å². The van der Waals surface area contributed by atoms with Gasteiger partial charge in [-0.05, 0) is 30.7 Å². The maximum absolute atomic E-state index is 4.05. The lowest BCUT2D eigenvalue weighted by atomic mass is 10.1. The molecule has 0 aliphatic carbocycles. The van der Waals surface area contributed by atoms with Crippen LogP contribution in [-0.2, 0) is 0 Å². The smallest absolute Gasteiger partial charge is 0.0680 e. The van der Waals surface area contributed by atoms with E-state index >= 15 is 0 Å². The van der Waals surface area contributed by atoms with Gasteiger partial charge in [0.2, 0.25) is 0 Å². The third-order valence-electron chi connectivity index (χ3n) is 2.68. The Balaban J connectivity index is 2.11. The van der Waals surface area contributed by atoms with Crippen molar-refractivity contribution in [1.82, 2.24) is 15.6 Å². The Hall–Kier alpha value is -1.97. The minimum Gasteiger partial charge on any atom is -0.306 e. The molecule has 4 nitrogen and oxygen atoms in total. The largest absolute Gasteiger partial charge is 0.306 e. The van der Waals surface area contributed by atoms with Gasteiger partial charge < -0.3 is 5.43 Å². The summed E-state index contributed by atoms with van der Waals surface area (Å²) in [6.45, 7) is 3.00. The maximum atomic E-state index is 4.05. The second kappa shape index (κ2) is 3.02. The van der Waals surface area contributed by atoms with Crippen LogP contribution in [0.15, 0.2) is 30.6 Å². The van der Waals surface area contributed by atoms with Crippen LogP contribution in [0.3, 0.4) is 0 Å². The minimum atomic E-state index is 0.906. The molecule has 1 aliphatic rings. The zero-order valence-electron chi connectivity index (χ0n) is 8.49. The quantitative estimate of drug-likeness (QED) is 0.736. The van der Waals surface area contributed by atoms with E-state index in [4.69, 9.17) is 0 Å². The molecule has 0 spiro atoms. The summed E-state index contributed by atoms with van der Waals surface area (Å²) in [4.78, 5) is 0. The molecule has 0 atom stereocenters. The summed E-state index contributed by atoms with van der Waals surface area (Å²) < 4.78 is 0. The SMILES string of the molecule is Cc1cc(N2CC=CN2)cc2cn[nH]c12. The minimum absolute atomic E-state index is 0.906. The molecule has 4 heteroatoms. The number of hydrogen-bond donors (Lipinski definition) is 2. The van der Waals surface area contributed by atoms with Crippen LogP contribution in [0.4, 0.5) is 5.69 Å². The van der Waals surface area contributed by atoms with Crippen LogP contribution in [0.1, 0.15) is 5.56 Å². The van der Waals surface area contributed by atoms with Crippen LogP contribution in [0.2, 0.25) is 0 Å². The summed E-state index contributed by atoms with van der Waals surface area (Å²) in [5, 5.41) is 10.3. The topological polar surface area (TPSA) is 44.0 Å². The molecule has 0 saturated carbocycles. The van der Waals surface area contributed by atoms with Crippen molar-refractivity contribution in [1.29, 1.82) is 0 Å². The van der Waals surface area contributed by atoms with E-state index in [0.29, 0.717) is 0 Å². The molecular weight excluding hydrogens is 188 g/mol. The van der Waals surface area contributed by atoms with Crippen molar-refractivity contribution in [2.75, 3.05) is 11.6 Å². The number of anilines is 1. The number of aryl methyl sites for hydroxylation is 1. The fraction of sp³-hybridized carbons (Fsp3) is 0.182. The molecule has 2 N–H and O–H groups in total. The van der Waals surface area contributed by atoms with Gasteiger partial charge >= 0.3 is 0 Å².